The van der Waals surface area contributed by atoms with Crippen molar-refractivity contribution >= 4 is 87.3 Å². The topological polar surface area (TPSA) is 234 Å². The first kappa shape index (κ1) is 68.9. The smallest absolute Gasteiger partial charge is 0.0558 e. The molecule has 0 aromatic heterocycles. The third-order valence-electron chi connectivity index (χ3n) is 6.78. The van der Waals surface area contributed by atoms with Gasteiger partial charge in [-0.15, -0.1) is 0 Å². The van der Waals surface area contributed by atoms with Crippen LogP contribution < -0.4 is 0 Å². The van der Waals surface area contributed by atoms with Gasteiger partial charge in [0, 0.05) is 39.3 Å². The van der Waals surface area contributed by atoms with Gasteiger partial charge in [-0.3, -0.25) is 9.80 Å². The van der Waals surface area contributed by atoms with Crippen LogP contribution in [0.2, 0.25) is 28.3 Å². The number of hydrogen-bond acceptors (Lipinski definition) is 10. The number of nitrogens with zero attached hydrogens (tertiary/aromatic N) is 2. The van der Waals surface area contributed by atoms with Crippen molar-refractivity contribution in [1.82, 2.24) is 9.80 Å². The van der Waals surface area contributed by atoms with Gasteiger partial charge in [-0.25, -0.2) is 0 Å². The molecule has 318 valence electrons. The summed E-state index contributed by atoms with van der Waals surface area (Å²) in [6.07, 6.45) is 11.7. The average molecular weight is 1100 g/mol. The fourth-order valence-electron chi connectivity index (χ4n) is 3.15. The third-order valence-corrected chi connectivity index (χ3v) is 17.4. The predicted molar refractivity (Wildman–Crippen MR) is 224 cm³/mol. The fourth-order valence-corrected chi connectivity index (χ4v) is 12.2. The Morgan fingerprint density at radius 2 is 0.679 bits per heavy atom. The van der Waals surface area contributed by atoms with Gasteiger partial charge in [-0.2, -0.15) is 0 Å². The summed E-state index contributed by atoms with van der Waals surface area (Å²) in [6.45, 7) is 16.1. The monoisotopic (exact) mass is 1110 g/mol. The molecule has 0 aliphatic carbocycles. The summed E-state index contributed by atoms with van der Waals surface area (Å²) in [5.74, 6) is -1.77. The Hall–Kier alpha value is 1.26. The third kappa shape index (κ3) is 74.8. The van der Waals surface area contributed by atoms with Gasteiger partial charge >= 0.3 is 240 Å². The summed E-state index contributed by atoms with van der Waals surface area (Å²) in [7, 11) is 0. The van der Waals surface area contributed by atoms with Crippen LogP contribution >= 0.6 is 0 Å². The summed E-state index contributed by atoms with van der Waals surface area (Å²) in [5, 5.41) is 68.7. The van der Waals surface area contributed by atoms with Crippen LogP contribution in [0, 0.1) is 11.8 Å². The van der Waals surface area contributed by atoms with Gasteiger partial charge in [0.05, 0.1) is 39.6 Å². The molecule has 0 saturated heterocycles. The Balaban J connectivity index is -0.0000000960. The second kappa shape index (κ2) is 65.1. The molecule has 0 bridgehead atoms. The molecule has 10 N–H and O–H groups in total. The normalized spacial score (nSPS) is 11.0. The first-order valence-corrected chi connectivity index (χ1v) is 30.2. The summed E-state index contributed by atoms with van der Waals surface area (Å²) in [6, 6.07) is 0. The van der Waals surface area contributed by atoms with E-state index in [9.17, 15) is 9.59 Å². The number of rotatable bonds is 28. The molecule has 0 spiro atoms. The molecule has 0 aliphatic rings. The number of carboxylic acids is 2. The molecule has 0 aromatic carbocycles. The van der Waals surface area contributed by atoms with E-state index in [-0.39, 0.29) is 99.2 Å². The van der Waals surface area contributed by atoms with E-state index in [1.807, 2.05) is 33.0 Å². The SMILES string of the molecule is CC([CH2][Ge])C(=O)O.CC([CH2][Ge])C(=O)O.CCC[CH2][Sn][CH2]CCC.CCC[CH2][Sn][CH2]CCC.O.OCCN(CCO)CCO.OCCN(CCO)CCO. The molecule has 0 aromatic rings. The van der Waals surface area contributed by atoms with Gasteiger partial charge in [0.2, 0.25) is 0 Å². The van der Waals surface area contributed by atoms with Crippen LogP contribution in [0.15, 0.2) is 0 Å². The number of hydrogen-bond donors (Lipinski definition) is 8. The Labute approximate surface area is 362 Å². The standard InChI is InChI=1S/2C6H15NO3.2C4H7GeO2.4C4H9.H2O.2Sn/c2*8-4-1-7(2-5-9)3-6-10;2*1-3(2-5)4(6)7;4*1-3-4-2;;;/h2*8-10H,1-6H2;2*3H,2H2,1H3,(H,6,7);4*1,3-4H2,2H3;1H2;;. The van der Waals surface area contributed by atoms with Crippen LogP contribution in [0.4, 0.5) is 0 Å². The van der Waals surface area contributed by atoms with Gasteiger partial charge in [0.1, 0.15) is 0 Å². The van der Waals surface area contributed by atoms with Crippen LogP contribution in [-0.4, -0.2) is 222 Å². The number of aliphatic hydroxyl groups is 6. The molecule has 2 atom stereocenters. The second-order valence-electron chi connectivity index (χ2n) is 11.8. The molecule has 0 heterocycles. The van der Waals surface area contributed by atoms with Crippen molar-refractivity contribution in [1.29, 1.82) is 0 Å². The van der Waals surface area contributed by atoms with Crippen LogP contribution in [-0.2, 0) is 9.59 Å². The van der Waals surface area contributed by atoms with Gasteiger partial charge < -0.3 is 36.1 Å². The molecule has 0 rings (SSSR count). The van der Waals surface area contributed by atoms with Gasteiger partial charge in [0.15, 0.2) is 0 Å². The predicted octanol–water partition coefficient (Wildman–Crippen LogP) is 2.55. The number of aliphatic carboxylic acids is 2. The number of unbranched alkanes of at least 4 members (excludes halogenated alkanes) is 4. The van der Waals surface area contributed by atoms with E-state index >= 15 is 0 Å². The molecule has 17 heteroatoms. The molecule has 10 radical (unpaired) electrons. The molecule has 53 heavy (non-hydrogen) atoms. The first-order chi connectivity index (χ1) is 24.9. The fraction of sp³-hybridized carbons (Fsp3) is 0.944. The quantitative estimate of drug-likeness (QED) is 0.0418. The Morgan fingerprint density at radius 1 is 0.491 bits per heavy atom. The zero-order valence-corrected chi connectivity index (χ0v) is 44.2. The molecule has 0 saturated carbocycles. The minimum Gasteiger partial charge on any atom is -0.412 e. The summed E-state index contributed by atoms with van der Waals surface area (Å²) in [5.41, 5.74) is 0. The van der Waals surface area contributed by atoms with Crippen LogP contribution in [0.25, 0.3) is 0 Å². The van der Waals surface area contributed by atoms with Crippen LogP contribution in [0.5, 0.6) is 0 Å². The van der Waals surface area contributed by atoms with Crippen molar-refractivity contribution < 1.29 is 55.9 Å². The van der Waals surface area contributed by atoms with Crippen molar-refractivity contribution in [3.8, 4) is 0 Å². The van der Waals surface area contributed by atoms with Crippen LogP contribution in [0.1, 0.15) is 92.9 Å². The zero-order chi connectivity index (χ0) is 41.3. The Bertz CT molecular complexity index is 566. The summed E-state index contributed by atoms with van der Waals surface area (Å²) in [4.78, 5) is 23.4. The summed E-state index contributed by atoms with van der Waals surface area (Å²) >= 11 is 4.02. The molecule has 0 fully saturated rings. The van der Waals surface area contributed by atoms with E-state index in [0.29, 0.717) is 39.3 Å². The van der Waals surface area contributed by atoms with E-state index < -0.39 is 11.9 Å². The van der Waals surface area contributed by atoms with E-state index in [0.717, 1.165) is 10.5 Å². The van der Waals surface area contributed by atoms with E-state index in [4.69, 9.17) is 40.9 Å². The van der Waals surface area contributed by atoms with Crippen molar-refractivity contribution in [3.05, 3.63) is 0 Å². The van der Waals surface area contributed by atoms with E-state index in [2.05, 4.69) is 27.7 Å². The maximum absolute atomic E-state index is 9.93. The second-order valence-corrected chi connectivity index (χ2v) is 22.1. The van der Waals surface area contributed by atoms with Gasteiger partial charge in [0.25, 0.3) is 0 Å². The molecule has 13 nitrogen and oxygen atoms in total. The van der Waals surface area contributed by atoms with E-state index in [1.54, 1.807) is 41.4 Å². The number of aliphatic hydroxyl groups excluding tert-OH is 6. The molecule has 0 amide bonds. The van der Waals surface area contributed by atoms with Crippen LogP contribution in [0.3, 0.4) is 0 Å². The minimum absolute atomic E-state index is 0. The minimum atomic E-state index is -0.706. The number of carbonyl (C=O) groups is 2. The van der Waals surface area contributed by atoms with Crippen molar-refractivity contribution in [2.45, 2.75) is 121 Å². The summed E-state index contributed by atoms with van der Waals surface area (Å²) < 4.78 is 6.50. The Morgan fingerprint density at radius 3 is 0.774 bits per heavy atom. The van der Waals surface area contributed by atoms with Crippen molar-refractivity contribution in [2.24, 2.45) is 11.8 Å². The molecule has 2 unspecified atom stereocenters. The molecular weight excluding hydrogens is 1020 g/mol. The number of carboxylic acid groups (broad SMARTS) is 2. The van der Waals surface area contributed by atoms with Gasteiger partial charge in [-0.05, 0) is 0 Å². The van der Waals surface area contributed by atoms with Crippen molar-refractivity contribution in [3.63, 3.8) is 0 Å². The Kier molecular flexibility index (Phi) is 84.7. The zero-order valence-electron chi connectivity index (χ0n) is 34.3. The maximum atomic E-state index is 9.93. The largest absolute Gasteiger partial charge is 0.412 e. The van der Waals surface area contributed by atoms with Crippen molar-refractivity contribution in [2.75, 3.05) is 78.9 Å². The van der Waals surface area contributed by atoms with E-state index in [1.165, 1.54) is 51.4 Å². The first-order valence-electron chi connectivity index (χ1n) is 19.1. The average Bonchev–Trinajstić information content (AvgIpc) is 3.13. The molecule has 0 aliphatic heterocycles. The molecular formula is C36H82Ge2N2O11Sn2. The maximum Gasteiger partial charge on any atom is 0.0558 e. The van der Waals surface area contributed by atoms with Gasteiger partial charge in [-0.1, -0.05) is 0 Å².